The summed E-state index contributed by atoms with van der Waals surface area (Å²) < 4.78 is 25.8. The van der Waals surface area contributed by atoms with E-state index in [1.165, 1.54) is 4.31 Å². The molecular weight excluding hydrogens is 353 g/mol. The van der Waals surface area contributed by atoms with Crippen molar-refractivity contribution in [1.82, 2.24) is 4.31 Å². The van der Waals surface area contributed by atoms with Crippen LogP contribution >= 0.6 is 22.6 Å². The summed E-state index contributed by atoms with van der Waals surface area (Å²) in [6.45, 7) is 2.47. The molecule has 1 N–H and O–H groups in total. The molecule has 0 aliphatic carbocycles. The van der Waals surface area contributed by atoms with E-state index in [4.69, 9.17) is 0 Å². The fourth-order valence-corrected chi connectivity index (χ4v) is 4.22. The molecule has 1 saturated heterocycles. The minimum Gasteiger partial charge on any atom is -0.391 e. The van der Waals surface area contributed by atoms with Gasteiger partial charge in [-0.2, -0.15) is 4.31 Å². The van der Waals surface area contributed by atoms with Gasteiger partial charge in [0.15, 0.2) is 0 Å². The van der Waals surface area contributed by atoms with Gasteiger partial charge in [0.25, 0.3) is 0 Å². The molecule has 1 heterocycles. The second kappa shape index (κ2) is 4.83. The van der Waals surface area contributed by atoms with Gasteiger partial charge in [-0.25, -0.2) is 8.42 Å². The van der Waals surface area contributed by atoms with E-state index in [-0.39, 0.29) is 10.5 Å². The van der Waals surface area contributed by atoms with Gasteiger partial charge in [0.05, 0.1) is 14.9 Å². The van der Waals surface area contributed by atoms with Gasteiger partial charge in [0.1, 0.15) is 0 Å². The molecule has 0 spiro atoms. The summed E-state index contributed by atoms with van der Waals surface area (Å²) in [5, 5.41) is 9.61. The first kappa shape index (κ1) is 13.3. The van der Waals surface area contributed by atoms with Crippen LogP contribution in [0, 0.1) is 6.92 Å². The highest BCUT2D eigenvalue weighted by Gasteiger charge is 2.36. The lowest BCUT2D eigenvalue weighted by molar-refractivity contribution is 0.196. The Hall–Kier alpha value is -0.180. The van der Waals surface area contributed by atoms with Gasteiger partial charge >= 0.3 is 0 Å². The predicted octanol–water partition coefficient (Wildman–Crippen LogP) is 1.16. The molecule has 2 atom stereocenters. The van der Waals surface area contributed by atoms with Crippen LogP contribution < -0.4 is 0 Å². The van der Waals surface area contributed by atoms with Crippen LogP contribution in [0.2, 0.25) is 0 Å². The molecule has 1 aliphatic heterocycles. The number of hydrogen-bond donors (Lipinski definition) is 1. The molecular formula is C11H14INO3S. The Bertz CT molecular complexity index is 490. The minimum atomic E-state index is -3.45. The van der Waals surface area contributed by atoms with Crippen LogP contribution in [-0.4, -0.2) is 40.9 Å². The molecule has 1 aromatic carbocycles. The first-order valence-electron chi connectivity index (χ1n) is 5.30. The second-order valence-electron chi connectivity index (χ2n) is 4.22. The van der Waals surface area contributed by atoms with Crippen LogP contribution in [0.3, 0.4) is 0 Å². The molecule has 0 unspecified atom stereocenters. The number of benzene rings is 1. The topological polar surface area (TPSA) is 57.6 Å². The average molecular weight is 367 g/mol. The maximum Gasteiger partial charge on any atom is 0.243 e. The van der Waals surface area contributed by atoms with Crippen molar-refractivity contribution < 1.29 is 13.5 Å². The lowest BCUT2D eigenvalue weighted by Crippen LogP contribution is -2.29. The number of rotatable bonds is 2. The molecule has 0 saturated carbocycles. The Labute approximate surface area is 115 Å². The Morgan fingerprint density at radius 2 is 1.88 bits per heavy atom. The lowest BCUT2D eigenvalue weighted by Gasteiger charge is -2.15. The zero-order valence-electron chi connectivity index (χ0n) is 9.38. The van der Waals surface area contributed by atoms with Crippen molar-refractivity contribution in [2.75, 3.05) is 13.1 Å². The Kier molecular flexibility index (Phi) is 3.77. The molecule has 94 valence electrons. The number of halogens is 1. The number of nitrogens with zero attached hydrogens (tertiary/aromatic N) is 1. The average Bonchev–Trinajstić information content (AvgIpc) is 2.60. The first-order chi connectivity index (χ1) is 7.91. The molecule has 0 radical (unpaired) electrons. The molecule has 1 aromatic rings. The molecule has 4 nitrogen and oxygen atoms in total. The monoisotopic (exact) mass is 367 g/mol. The zero-order valence-corrected chi connectivity index (χ0v) is 12.3. The fraction of sp³-hybridized carbons (Fsp3) is 0.455. The molecule has 17 heavy (non-hydrogen) atoms. The van der Waals surface area contributed by atoms with Crippen LogP contribution in [-0.2, 0) is 10.0 Å². The number of sulfonamides is 1. The van der Waals surface area contributed by atoms with Gasteiger partial charge in [-0.3, -0.25) is 0 Å². The largest absolute Gasteiger partial charge is 0.391 e. The van der Waals surface area contributed by atoms with Gasteiger partial charge in [0, 0.05) is 13.1 Å². The van der Waals surface area contributed by atoms with Gasteiger partial charge in [-0.1, -0.05) is 40.3 Å². The van der Waals surface area contributed by atoms with E-state index in [2.05, 4.69) is 22.6 Å². The van der Waals surface area contributed by atoms with E-state index in [0.29, 0.717) is 11.4 Å². The number of aryl methyl sites for hydroxylation is 1. The van der Waals surface area contributed by atoms with Crippen molar-refractivity contribution in [2.24, 2.45) is 0 Å². The number of alkyl halides is 1. The summed E-state index contributed by atoms with van der Waals surface area (Å²) in [7, 11) is -3.45. The summed E-state index contributed by atoms with van der Waals surface area (Å²) in [5.74, 6) is 0. The van der Waals surface area contributed by atoms with Crippen molar-refractivity contribution in [2.45, 2.75) is 21.8 Å². The smallest absolute Gasteiger partial charge is 0.243 e. The number of aliphatic hydroxyl groups is 1. The lowest BCUT2D eigenvalue weighted by atomic mass is 10.2. The van der Waals surface area contributed by atoms with Crippen LogP contribution in [0.1, 0.15) is 5.56 Å². The maximum absolute atomic E-state index is 12.2. The fourth-order valence-electron chi connectivity index (χ4n) is 1.77. The molecule has 0 amide bonds. The van der Waals surface area contributed by atoms with Crippen molar-refractivity contribution in [3.8, 4) is 0 Å². The molecule has 0 aromatic heterocycles. The standard InChI is InChI=1S/C11H14INO3S/c1-8-2-4-9(5-3-8)17(15,16)13-6-10(12)11(14)7-13/h2-5,10-11,14H,6-7H2,1H3/t10-,11-/m0/s1. The SMILES string of the molecule is Cc1ccc(S(=O)(=O)N2C[C@H](O)[C@@H](I)C2)cc1. The normalized spacial score (nSPS) is 26.3. The maximum atomic E-state index is 12.2. The molecule has 1 fully saturated rings. The number of aliphatic hydroxyl groups excluding tert-OH is 1. The van der Waals surface area contributed by atoms with E-state index in [9.17, 15) is 13.5 Å². The van der Waals surface area contributed by atoms with Crippen LogP contribution in [0.15, 0.2) is 29.2 Å². The van der Waals surface area contributed by atoms with Crippen LogP contribution in [0.5, 0.6) is 0 Å². The highest BCUT2D eigenvalue weighted by molar-refractivity contribution is 14.1. The highest BCUT2D eigenvalue weighted by atomic mass is 127. The first-order valence-corrected chi connectivity index (χ1v) is 7.99. The third kappa shape index (κ3) is 2.64. The van der Waals surface area contributed by atoms with Crippen LogP contribution in [0.4, 0.5) is 0 Å². The predicted molar refractivity (Wildman–Crippen MR) is 73.8 cm³/mol. The van der Waals surface area contributed by atoms with E-state index < -0.39 is 16.1 Å². The summed E-state index contributed by atoms with van der Waals surface area (Å²) in [4.78, 5) is 0.292. The van der Waals surface area contributed by atoms with Crippen molar-refractivity contribution in [1.29, 1.82) is 0 Å². The van der Waals surface area contributed by atoms with Crippen LogP contribution in [0.25, 0.3) is 0 Å². The summed E-state index contributed by atoms with van der Waals surface area (Å²) >= 11 is 2.08. The second-order valence-corrected chi connectivity index (χ2v) is 7.76. The highest BCUT2D eigenvalue weighted by Crippen LogP contribution is 2.25. The van der Waals surface area contributed by atoms with Gasteiger partial charge in [-0.15, -0.1) is 0 Å². The Morgan fingerprint density at radius 3 is 2.35 bits per heavy atom. The Morgan fingerprint density at radius 1 is 1.29 bits per heavy atom. The summed E-state index contributed by atoms with van der Waals surface area (Å²) in [6.07, 6.45) is -0.573. The van der Waals surface area contributed by atoms with Crippen molar-refractivity contribution in [3.05, 3.63) is 29.8 Å². The van der Waals surface area contributed by atoms with E-state index >= 15 is 0 Å². The van der Waals surface area contributed by atoms with Gasteiger partial charge in [-0.05, 0) is 19.1 Å². The Balaban J connectivity index is 2.28. The van der Waals surface area contributed by atoms with E-state index in [1.54, 1.807) is 24.3 Å². The third-order valence-corrected chi connectivity index (χ3v) is 5.91. The summed E-state index contributed by atoms with van der Waals surface area (Å²) in [5.41, 5.74) is 1.03. The van der Waals surface area contributed by atoms with Crippen molar-refractivity contribution >= 4 is 32.6 Å². The van der Waals surface area contributed by atoms with E-state index in [1.807, 2.05) is 6.92 Å². The molecule has 0 bridgehead atoms. The van der Waals surface area contributed by atoms with Crippen molar-refractivity contribution in [3.63, 3.8) is 0 Å². The number of hydrogen-bond acceptors (Lipinski definition) is 3. The molecule has 1 aliphatic rings. The minimum absolute atomic E-state index is 0.0344. The third-order valence-electron chi connectivity index (χ3n) is 2.85. The van der Waals surface area contributed by atoms with Gasteiger partial charge < -0.3 is 5.11 Å². The molecule has 2 rings (SSSR count). The zero-order chi connectivity index (χ0) is 12.6. The van der Waals surface area contributed by atoms with E-state index in [0.717, 1.165) is 5.56 Å². The molecule has 6 heteroatoms. The number of β-amino-alcohol motifs (C(OH)–C–C–N with tert-alkyl or cyclic N) is 1. The van der Waals surface area contributed by atoms with Gasteiger partial charge in [0.2, 0.25) is 10.0 Å². The summed E-state index contributed by atoms with van der Waals surface area (Å²) in [6, 6.07) is 6.77. The quantitative estimate of drug-likeness (QED) is 0.631.